The molecule has 0 fully saturated rings. The molecular weight excluding hydrogens is 252 g/mol. The summed E-state index contributed by atoms with van der Waals surface area (Å²) >= 11 is 0. The summed E-state index contributed by atoms with van der Waals surface area (Å²) in [6.45, 7) is 0.568. The molecule has 1 heterocycles. The normalized spacial score (nSPS) is 11.4. The summed E-state index contributed by atoms with van der Waals surface area (Å²) in [5.41, 5.74) is 7.90. The third-order valence-electron chi connectivity index (χ3n) is 2.51. The fraction of sp³-hybridized carbons (Fsp3) is 0.167. The van der Waals surface area contributed by atoms with E-state index in [1.165, 1.54) is 12.1 Å². The van der Waals surface area contributed by atoms with Gasteiger partial charge in [0.2, 0.25) is 0 Å². The Morgan fingerprint density at radius 1 is 1.33 bits per heavy atom. The van der Waals surface area contributed by atoms with Crippen LogP contribution >= 0.6 is 0 Å². The smallest absolute Gasteiger partial charge is 0.175 e. The predicted molar refractivity (Wildman–Crippen MR) is 70.0 cm³/mol. The molecular formula is C12H14N2O3S. The third-order valence-corrected chi connectivity index (χ3v) is 3.62. The maximum Gasteiger partial charge on any atom is 0.175 e. The number of nitrogen functional groups attached to an aromatic ring is 1. The number of hydrogen-bond donors (Lipinski definition) is 2. The van der Waals surface area contributed by atoms with Crippen LogP contribution in [-0.2, 0) is 16.4 Å². The van der Waals surface area contributed by atoms with Gasteiger partial charge in [-0.25, -0.2) is 8.42 Å². The SMILES string of the molecule is CS(=O)(=O)c1ccc(NCc2ccoc2)c(N)c1. The largest absolute Gasteiger partial charge is 0.472 e. The number of anilines is 2. The minimum atomic E-state index is -3.22. The molecule has 0 bridgehead atoms. The number of nitrogens with one attached hydrogen (secondary N) is 1. The zero-order valence-electron chi connectivity index (χ0n) is 9.88. The summed E-state index contributed by atoms with van der Waals surface area (Å²) in [4.78, 5) is 0.217. The van der Waals surface area contributed by atoms with Crippen LogP contribution in [0.2, 0.25) is 0 Å². The molecule has 3 N–H and O–H groups in total. The minimum absolute atomic E-state index is 0.217. The quantitative estimate of drug-likeness (QED) is 0.825. The van der Waals surface area contributed by atoms with E-state index in [1.54, 1.807) is 18.6 Å². The first-order valence-electron chi connectivity index (χ1n) is 5.31. The summed E-state index contributed by atoms with van der Waals surface area (Å²) in [6, 6.07) is 6.48. The topological polar surface area (TPSA) is 85.3 Å². The Labute approximate surface area is 106 Å². The summed E-state index contributed by atoms with van der Waals surface area (Å²) in [5.74, 6) is 0. The number of hydrogen-bond acceptors (Lipinski definition) is 5. The van der Waals surface area contributed by atoms with E-state index in [2.05, 4.69) is 5.32 Å². The lowest BCUT2D eigenvalue weighted by Gasteiger charge is -2.09. The van der Waals surface area contributed by atoms with Gasteiger partial charge in [0, 0.05) is 18.4 Å². The lowest BCUT2D eigenvalue weighted by Crippen LogP contribution is -2.04. The maximum atomic E-state index is 11.4. The van der Waals surface area contributed by atoms with E-state index in [1.807, 2.05) is 6.07 Å². The van der Waals surface area contributed by atoms with Crippen LogP contribution in [-0.4, -0.2) is 14.7 Å². The zero-order valence-corrected chi connectivity index (χ0v) is 10.7. The molecule has 0 aliphatic carbocycles. The lowest BCUT2D eigenvalue weighted by atomic mass is 10.2. The van der Waals surface area contributed by atoms with Crippen LogP contribution < -0.4 is 11.1 Å². The van der Waals surface area contributed by atoms with Gasteiger partial charge in [-0.05, 0) is 24.3 Å². The van der Waals surface area contributed by atoms with Gasteiger partial charge in [0.15, 0.2) is 9.84 Å². The molecule has 0 unspecified atom stereocenters. The number of nitrogens with two attached hydrogens (primary N) is 1. The van der Waals surface area contributed by atoms with Crippen molar-refractivity contribution in [2.75, 3.05) is 17.3 Å². The maximum absolute atomic E-state index is 11.4. The second-order valence-corrected chi connectivity index (χ2v) is 6.02. The molecule has 1 aromatic heterocycles. The van der Waals surface area contributed by atoms with Gasteiger partial charge in [-0.3, -0.25) is 0 Å². The molecule has 2 rings (SSSR count). The van der Waals surface area contributed by atoms with E-state index in [0.717, 1.165) is 11.8 Å². The highest BCUT2D eigenvalue weighted by molar-refractivity contribution is 7.90. The number of furan rings is 1. The summed E-state index contributed by atoms with van der Waals surface area (Å²) in [7, 11) is -3.22. The van der Waals surface area contributed by atoms with E-state index < -0.39 is 9.84 Å². The molecule has 5 nitrogen and oxygen atoms in total. The van der Waals surface area contributed by atoms with Crippen molar-refractivity contribution in [2.24, 2.45) is 0 Å². The molecule has 18 heavy (non-hydrogen) atoms. The molecule has 0 saturated carbocycles. The first-order chi connectivity index (χ1) is 8.47. The minimum Gasteiger partial charge on any atom is -0.472 e. The molecule has 96 valence electrons. The Hall–Kier alpha value is -1.95. The molecule has 0 aliphatic rings. The molecule has 0 atom stereocenters. The van der Waals surface area contributed by atoms with E-state index in [0.29, 0.717) is 17.9 Å². The molecule has 2 aromatic rings. The summed E-state index contributed by atoms with van der Waals surface area (Å²) < 4.78 is 27.7. The highest BCUT2D eigenvalue weighted by Crippen LogP contribution is 2.23. The fourth-order valence-corrected chi connectivity index (χ4v) is 2.18. The molecule has 0 amide bonds. The predicted octanol–water partition coefficient (Wildman–Crippen LogP) is 1.88. The van der Waals surface area contributed by atoms with Crippen LogP contribution in [0.4, 0.5) is 11.4 Å². The molecule has 0 saturated heterocycles. The number of sulfone groups is 1. The van der Waals surface area contributed by atoms with Gasteiger partial charge in [-0.1, -0.05) is 0 Å². The molecule has 0 aliphatic heterocycles. The Bertz CT molecular complexity index is 633. The summed E-state index contributed by atoms with van der Waals surface area (Å²) in [5, 5.41) is 3.11. The monoisotopic (exact) mass is 266 g/mol. The van der Waals surface area contributed by atoms with Crippen LogP contribution in [0.5, 0.6) is 0 Å². The lowest BCUT2D eigenvalue weighted by molar-refractivity contribution is 0.564. The average molecular weight is 266 g/mol. The van der Waals surface area contributed by atoms with E-state index in [-0.39, 0.29) is 4.90 Å². The van der Waals surface area contributed by atoms with E-state index >= 15 is 0 Å². The van der Waals surface area contributed by atoms with Crippen LogP contribution in [0.1, 0.15) is 5.56 Å². The second-order valence-electron chi connectivity index (χ2n) is 4.01. The standard InChI is InChI=1S/C12H14N2O3S/c1-18(15,16)10-2-3-12(11(13)6-10)14-7-9-4-5-17-8-9/h2-6,8,14H,7,13H2,1H3. The van der Waals surface area contributed by atoms with Gasteiger partial charge in [0.25, 0.3) is 0 Å². The second kappa shape index (κ2) is 4.73. The van der Waals surface area contributed by atoms with E-state index in [4.69, 9.17) is 10.2 Å². The third kappa shape index (κ3) is 2.84. The Morgan fingerprint density at radius 2 is 2.11 bits per heavy atom. The molecule has 6 heteroatoms. The van der Waals surface area contributed by atoms with Gasteiger partial charge in [-0.2, -0.15) is 0 Å². The molecule has 0 radical (unpaired) electrons. The average Bonchev–Trinajstić information content (AvgIpc) is 2.79. The fourth-order valence-electron chi connectivity index (χ4n) is 1.52. The molecule has 1 aromatic carbocycles. The van der Waals surface area contributed by atoms with Gasteiger partial charge in [-0.15, -0.1) is 0 Å². The molecule has 0 spiro atoms. The van der Waals surface area contributed by atoms with Crippen molar-refractivity contribution in [1.29, 1.82) is 0 Å². The highest BCUT2D eigenvalue weighted by atomic mass is 32.2. The van der Waals surface area contributed by atoms with Crippen LogP contribution in [0.25, 0.3) is 0 Å². The Morgan fingerprint density at radius 3 is 2.67 bits per heavy atom. The Balaban J connectivity index is 2.15. The van der Waals surface area contributed by atoms with E-state index in [9.17, 15) is 8.42 Å². The van der Waals surface area contributed by atoms with Crippen molar-refractivity contribution in [2.45, 2.75) is 11.4 Å². The van der Waals surface area contributed by atoms with Crippen molar-refractivity contribution >= 4 is 21.2 Å². The van der Waals surface area contributed by atoms with Gasteiger partial charge in [0.1, 0.15) is 0 Å². The Kier molecular flexibility index (Phi) is 3.29. The van der Waals surface area contributed by atoms with Crippen LogP contribution in [0.15, 0.2) is 46.1 Å². The van der Waals surface area contributed by atoms with Crippen molar-refractivity contribution < 1.29 is 12.8 Å². The zero-order chi connectivity index (χ0) is 13.2. The first-order valence-corrected chi connectivity index (χ1v) is 7.20. The summed E-state index contributed by atoms with van der Waals surface area (Å²) in [6.07, 6.45) is 4.38. The van der Waals surface area contributed by atoms with Gasteiger partial charge >= 0.3 is 0 Å². The van der Waals surface area contributed by atoms with Crippen LogP contribution in [0, 0.1) is 0 Å². The van der Waals surface area contributed by atoms with Crippen molar-refractivity contribution in [1.82, 2.24) is 0 Å². The highest BCUT2D eigenvalue weighted by Gasteiger charge is 2.09. The van der Waals surface area contributed by atoms with Crippen molar-refractivity contribution in [3.05, 3.63) is 42.4 Å². The van der Waals surface area contributed by atoms with Gasteiger partial charge in [0.05, 0.1) is 28.8 Å². The van der Waals surface area contributed by atoms with Crippen molar-refractivity contribution in [3.63, 3.8) is 0 Å². The number of rotatable bonds is 4. The van der Waals surface area contributed by atoms with Gasteiger partial charge < -0.3 is 15.5 Å². The first kappa shape index (κ1) is 12.5. The van der Waals surface area contributed by atoms with Crippen LogP contribution in [0.3, 0.4) is 0 Å². The van der Waals surface area contributed by atoms with Crippen molar-refractivity contribution in [3.8, 4) is 0 Å². The number of benzene rings is 1.